The molecule has 1 aromatic carbocycles. The number of benzene rings is 1. The molecule has 0 spiro atoms. The number of carbonyl (C=O) groups is 1. The van der Waals surface area contributed by atoms with Crippen molar-refractivity contribution < 1.29 is 9.53 Å². The predicted molar refractivity (Wildman–Crippen MR) is 91.2 cm³/mol. The van der Waals surface area contributed by atoms with Gasteiger partial charge in [0.15, 0.2) is 0 Å². The molecular weight excluding hydrogens is 292 g/mol. The topological polar surface area (TPSA) is 67.4 Å². The molecule has 1 heterocycles. The molecule has 0 aliphatic rings. The second-order valence-corrected chi connectivity index (χ2v) is 5.23. The number of amides is 1. The summed E-state index contributed by atoms with van der Waals surface area (Å²) in [5.74, 6) is 1.13. The van der Waals surface area contributed by atoms with E-state index < -0.39 is 0 Å². The molecule has 0 bridgehead atoms. The highest BCUT2D eigenvalue weighted by Crippen LogP contribution is 2.16. The molecule has 2 rings (SSSR count). The van der Waals surface area contributed by atoms with Gasteiger partial charge in [0.05, 0.1) is 12.7 Å². The molecule has 1 aromatic heterocycles. The lowest BCUT2D eigenvalue weighted by Crippen LogP contribution is -2.21. The van der Waals surface area contributed by atoms with Crippen LogP contribution in [0.3, 0.4) is 0 Å². The van der Waals surface area contributed by atoms with Crippen molar-refractivity contribution in [2.75, 3.05) is 30.9 Å². The molecule has 23 heavy (non-hydrogen) atoms. The second kappa shape index (κ2) is 8.12. The Morgan fingerprint density at radius 3 is 2.43 bits per heavy atom. The van der Waals surface area contributed by atoms with Crippen LogP contribution in [-0.2, 0) is 0 Å². The summed E-state index contributed by atoms with van der Waals surface area (Å²) in [5.41, 5.74) is 1.12. The monoisotopic (exact) mass is 314 g/mol. The van der Waals surface area contributed by atoms with Gasteiger partial charge in [-0.25, -0.2) is 9.97 Å². The van der Waals surface area contributed by atoms with Crippen molar-refractivity contribution in [3.05, 3.63) is 42.2 Å². The van der Waals surface area contributed by atoms with Crippen LogP contribution in [0, 0.1) is 0 Å². The number of hydrogen-bond donors (Lipinski definition) is 1. The maximum atomic E-state index is 12.2. The molecule has 6 nitrogen and oxygen atoms in total. The Morgan fingerprint density at radius 1 is 1.22 bits per heavy atom. The number of aromatic nitrogens is 2. The van der Waals surface area contributed by atoms with Crippen molar-refractivity contribution in [3.63, 3.8) is 0 Å². The molecule has 0 fully saturated rings. The van der Waals surface area contributed by atoms with E-state index in [4.69, 9.17) is 4.74 Å². The highest BCUT2D eigenvalue weighted by Gasteiger charge is 2.09. The quantitative estimate of drug-likeness (QED) is 0.851. The van der Waals surface area contributed by atoms with E-state index in [1.165, 1.54) is 0 Å². The fourth-order valence-corrected chi connectivity index (χ4v) is 2.01. The molecule has 0 aliphatic carbocycles. The zero-order valence-electron chi connectivity index (χ0n) is 13.7. The molecule has 0 aliphatic heterocycles. The third-order valence-electron chi connectivity index (χ3n) is 3.44. The van der Waals surface area contributed by atoms with E-state index in [-0.39, 0.29) is 5.91 Å². The smallest absolute Gasteiger partial charge is 0.258 e. The van der Waals surface area contributed by atoms with Crippen molar-refractivity contribution in [3.8, 4) is 5.75 Å². The first-order chi connectivity index (χ1) is 11.1. The van der Waals surface area contributed by atoms with Gasteiger partial charge >= 0.3 is 0 Å². The lowest BCUT2D eigenvalue weighted by molar-refractivity contribution is 0.102. The Balaban J connectivity index is 1.99. The molecule has 0 atom stereocenters. The number of anilines is 2. The minimum atomic E-state index is -0.238. The number of carbonyl (C=O) groups excluding carboxylic acids is 1. The molecular formula is C17H22N4O2. The summed E-state index contributed by atoms with van der Waals surface area (Å²) in [5, 5.41) is 2.80. The summed E-state index contributed by atoms with van der Waals surface area (Å²) >= 11 is 0. The SMILES string of the molecule is CCCCN(C)c1ncc(C(=O)Nc2ccc(OC)cc2)cn1. The third-order valence-corrected chi connectivity index (χ3v) is 3.44. The first-order valence-electron chi connectivity index (χ1n) is 7.62. The van der Waals surface area contributed by atoms with Crippen LogP contribution in [0.1, 0.15) is 30.1 Å². The Kier molecular flexibility index (Phi) is 5.91. The largest absolute Gasteiger partial charge is 0.497 e. The van der Waals surface area contributed by atoms with E-state index in [1.54, 1.807) is 43.8 Å². The average Bonchev–Trinajstić information content (AvgIpc) is 2.60. The standard InChI is InChI=1S/C17H22N4O2/c1-4-5-10-21(2)17-18-11-13(12-19-17)16(22)20-14-6-8-15(23-3)9-7-14/h6-9,11-12H,4-5,10H2,1-3H3,(H,20,22). The summed E-state index contributed by atoms with van der Waals surface area (Å²) in [6.45, 7) is 3.04. The molecule has 122 valence electrons. The Hall–Kier alpha value is -2.63. The first-order valence-corrected chi connectivity index (χ1v) is 7.62. The number of rotatable bonds is 7. The first kappa shape index (κ1) is 16.7. The predicted octanol–water partition coefficient (Wildman–Crippen LogP) is 2.97. The van der Waals surface area contributed by atoms with Gasteiger partial charge in [-0.3, -0.25) is 4.79 Å². The Labute approximate surface area is 136 Å². The van der Waals surface area contributed by atoms with Crippen LogP contribution >= 0.6 is 0 Å². The normalized spacial score (nSPS) is 10.2. The fraction of sp³-hybridized carbons (Fsp3) is 0.353. The van der Waals surface area contributed by atoms with E-state index in [9.17, 15) is 4.79 Å². The van der Waals surface area contributed by atoms with Gasteiger partial charge in [-0.1, -0.05) is 13.3 Å². The number of hydrogen-bond acceptors (Lipinski definition) is 5. The van der Waals surface area contributed by atoms with Crippen LogP contribution in [0.4, 0.5) is 11.6 Å². The number of unbranched alkanes of at least 4 members (excludes halogenated alkanes) is 1. The maximum Gasteiger partial charge on any atom is 0.258 e. The molecule has 0 saturated carbocycles. The number of nitrogens with one attached hydrogen (secondary N) is 1. The molecule has 1 N–H and O–H groups in total. The van der Waals surface area contributed by atoms with Crippen molar-refractivity contribution >= 4 is 17.5 Å². The minimum absolute atomic E-state index is 0.238. The van der Waals surface area contributed by atoms with E-state index in [1.807, 2.05) is 11.9 Å². The Bertz CT molecular complexity index is 626. The van der Waals surface area contributed by atoms with Gasteiger partial charge in [-0.05, 0) is 30.7 Å². The van der Waals surface area contributed by atoms with Gasteiger partial charge in [0.25, 0.3) is 5.91 Å². The van der Waals surface area contributed by atoms with E-state index in [2.05, 4.69) is 22.2 Å². The van der Waals surface area contributed by atoms with Crippen molar-refractivity contribution in [2.24, 2.45) is 0 Å². The highest BCUT2D eigenvalue weighted by molar-refractivity contribution is 6.03. The van der Waals surface area contributed by atoms with Crippen LogP contribution < -0.4 is 15.0 Å². The Morgan fingerprint density at radius 2 is 1.87 bits per heavy atom. The molecule has 0 radical (unpaired) electrons. The van der Waals surface area contributed by atoms with Crippen LogP contribution in [0.2, 0.25) is 0 Å². The molecule has 2 aromatic rings. The van der Waals surface area contributed by atoms with Gasteiger partial charge in [0, 0.05) is 31.7 Å². The zero-order valence-corrected chi connectivity index (χ0v) is 13.7. The number of methoxy groups -OCH3 is 1. The minimum Gasteiger partial charge on any atom is -0.497 e. The third kappa shape index (κ3) is 4.67. The number of nitrogens with zero attached hydrogens (tertiary/aromatic N) is 3. The molecule has 0 unspecified atom stereocenters. The van der Waals surface area contributed by atoms with Crippen molar-refractivity contribution in [2.45, 2.75) is 19.8 Å². The average molecular weight is 314 g/mol. The molecule has 1 amide bonds. The van der Waals surface area contributed by atoms with E-state index in [0.717, 1.165) is 25.1 Å². The lowest BCUT2D eigenvalue weighted by atomic mass is 10.2. The van der Waals surface area contributed by atoms with Crippen LogP contribution in [0.25, 0.3) is 0 Å². The van der Waals surface area contributed by atoms with E-state index >= 15 is 0 Å². The van der Waals surface area contributed by atoms with Gasteiger partial charge in [0.2, 0.25) is 5.95 Å². The summed E-state index contributed by atoms with van der Waals surface area (Å²) in [6, 6.07) is 7.14. The van der Waals surface area contributed by atoms with Crippen LogP contribution in [0.15, 0.2) is 36.7 Å². The second-order valence-electron chi connectivity index (χ2n) is 5.23. The summed E-state index contributed by atoms with van der Waals surface area (Å²) in [7, 11) is 3.55. The molecule has 0 saturated heterocycles. The summed E-state index contributed by atoms with van der Waals surface area (Å²) < 4.78 is 5.08. The van der Waals surface area contributed by atoms with Crippen molar-refractivity contribution in [1.29, 1.82) is 0 Å². The maximum absolute atomic E-state index is 12.2. The van der Waals surface area contributed by atoms with Gasteiger partial charge in [0.1, 0.15) is 5.75 Å². The summed E-state index contributed by atoms with van der Waals surface area (Å²) in [4.78, 5) is 22.7. The number of ether oxygens (including phenoxy) is 1. The van der Waals surface area contributed by atoms with Crippen molar-refractivity contribution in [1.82, 2.24) is 9.97 Å². The van der Waals surface area contributed by atoms with Gasteiger partial charge in [-0.15, -0.1) is 0 Å². The zero-order chi connectivity index (χ0) is 16.7. The van der Waals surface area contributed by atoms with Crippen LogP contribution in [0.5, 0.6) is 5.75 Å². The fourth-order valence-electron chi connectivity index (χ4n) is 2.01. The summed E-state index contributed by atoms with van der Waals surface area (Å²) in [6.07, 6.45) is 5.29. The van der Waals surface area contributed by atoms with E-state index in [0.29, 0.717) is 17.2 Å². The highest BCUT2D eigenvalue weighted by atomic mass is 16.5. The molecule has 6 heteroatoms. The van der Waals surface area contributed by atoms with Gasteiger partial charge in [-0.2, -0.15) is 0 Å². The lowest BCUT2D eigenvalue weighted by Gasteiger charge is -2.16. The van der Waals surface area contributed by atoms with Gasteiger partial charge < -0.3 is 15.0 Å². The van der Waals surface area contributed by atoms with Crippen LogP contribution in [-0.4, -0.2) is 36.6 Å².